The van der Waals surface area contributed by atoms with Gasteiger partial charge in [-0.1, -0.05) is 6.42 Å². The van der Waals surface area contributed by atoms with Crippen LogP contribution in [-0.2, 0) is 11.2 Å². The minimum Gasteiger partial charge on any atom is -0.332 e. The van der Waals surface area contributed by atoms with Crippen LogP contribution in [0.3, 0.4) is 0 Å². The zero-order valence-corrected chi connectivity index (χ0v) is 15.7. The van der Waals surface area contributed by atoms with Crippen LogP contribution in [0.25, 0.3) is 5.65 Å². The quantitative estimate of drug-likeness (QED) is 0.832. The average Bonchev–Trinajstić information content (AvgIpc) is 3.16. The number of carbonyl (C=O) groups excluding carboxylic acids is 1. The van der Waals surface area contributed by atoms with E-state index in [1.54, 1.807) is 0 Å². The number of rotatable bonds is 2. The van der Waals surface area contributed by atoms with E-state index < -0.39 is 0 Å². The van der Waals surface area contributed by atoms with Gasteiger partial charge in [-0.2, -0.15) is 5.10 Å². The fourth-order valence-electron chi connectivity index (χ4n) is 5.29. The smallest absolute Gasteiger partial charge is 0.224 e. The summed E-state index contributed by atoms with van der Waals surface area (Å²) in [6.07, 6.45) is 9.35. The van der Waals surface area contributed by atoms with E-state index in [4.69, 9.17) is 0 Å². The van der Waals surface area contributed by atoms with Crippen LogP contribution in [0.15, 0.2) is 12.3 Å². The molecule has 5 heterocycles. The maximum atomic E-state index is 13.2. The molecule has 3 atom stereocenters. The average molecular weight is 353 g/mol. The number of aryl methyl sites for hydroxylation is 1. The van der Waals surface area contributed by atoms with E-state index in [9.17, 15) is 4.79 Å². The zero-order chi connectivity index (χ0) is 17.8. The molecule has 0 radical (unpaired) electrons. The highest BCUT2D eigenvalue weighted by molar-refractivity contribution is 5.78. The minimum absolute atomic E-state index is 0.187. The maximum absolute atomic E-state index is 13.2. The molecule has 2 bridgehead atoms. The molecule has 2 saturated heterocycles. The van der Waals surface area contributed by atoms with E-state index >= 15 is 0 Å². The standard InChI is InChI=1S/C20H27N5O/c1-13-9-19-21-12-16-17-7-6-15(10-18(16)25(19)22-13)24(17)20(26)11-14-5-3-4-8-23(14)2/h9,12,14-15,17H,3-8,10-11H2,1-2H3/t14-,15-,17+/m0/s1. The minimum atomic E-state index is 0.187. The Morgan fingerprint density at radius 3 is 3.00 bits per heavy atom. The van der Waals surface area contributed by atoms with Crippen LogP contribution in [0, 0.1) is 6.92 Å². The Bertz CT molecular complexity index is 859. The molecule has 0 aliphatic carbocycles. The molecule has 2 fully saturated rings. The van der Waals surface area contributed by atoms with Gasteiger partial charge in [0.25, 0.3) is 0 Å². The van der Waals surface area contributed by atoms with Crippen molar-refractivity contribution < 1.29 is 4.79 Å². The predicted molar refractivity (Wildman–Crippen MR) is 98.9 cm³/mol. The van der Waals surface area contributed by atoms with Gasteiger partial charge in [0.05, 0.1) is 17.4 Å². The Kier molecular flexibility index (Phi) is 3.78. The van der Waals surface area contributed by atoms with E-state index in [0.29, 0.717) is 24.4 Å². The molecule has 6 heteroatoms. The van der Waals surface area contributed by atoms with E-state index in [1.807, 2.05) is 23.7 Å². The van der Waals surface area contributed by atoms with Crippen molar-refractivity contribution in [1.29, 1.82) is 0 Å². The summed E-state index contributed by atoms with van der Waals surface area (Å²) in [7, 11) is 2.16. The molecule has 1 amide bonds. The van der Waals surface area contributed by atoms with Gasteiger partial charge >= 0.3 is 0 Å². The summed E-state index contributed by atoms with van der Waals surface area (Å²) >= 11 is 0. The third-order valence-corrected chi connectivity index (χ3v) is 6.65. The lowest BCUT2D eigenvalue weighted by Gasteiger charge is -2.39. The first-order valence-electron chi connectivity index (χ1n) is 9.97. The molecule has 138 valence electrons. The number of likely N-dealkylation sites (tertiary alicyclic amines) is 1. The van der Waals surface area contributed by atoms with Crippen molar-refractivity contribution in [2.45, 2.75) is 70.0 Å². The largest absolute Gasteiger partial charge is 0.332 e. The first-order valence-corrected chi connectivity index (χ1v) is 9.97. The van der Waals surface area contributed by atoms with Crippen molar-refractivity contribution in [1.82, 2.24) is 24.4 Å². The summed E-state index contributed by atoms with van der Waals surface area (Å²) in [4.78, 5) is 22.4. The first-order chi connectivity index (χ1) is 12.6. The monoisotopic (exact) mass is 353 g/mol. The number of hydrogen-bond donors (Lipinski definition) is 0. The zero-order valence-electron chi connectivity index (χ0n) is 15.7. The van der Waals surface area contributed by atoms with Crippen molar-refractivity contribution >= 4 is 11.6 Å². The highest BCUT2D eigenvalue weighted by atomic mass is 16.2. The molecule has 0 N–H and O–H groups in total. The van der Waals surface area contributed by atoms with Gasteiger partial charge in [0.2, 0.25) is 5.91 Å². The fourth-order valence-corrected chi connectivity index (χ4v) is 5.29. The molecular formula is C20H27N5O. The van der Waals surface area contributed by atoms with E-state index in [1.165, 1.54) is 24.1 Å². The molecule has 0 saturated carbocycles. The fraction of sp³-hybridized carbons (Fsp3) is 0.650. The highest BCUT2D eigenvalue weighted by Crippen LogP contribution is 2.44. The van der Waals surface area contributed by atoms with Gasteiger partial charge in [-0.3, -0.25) is 4.79 Å². The maximum Gasteiger partial charge on any atom is 0.224 e. The van der Waals surface area contributed by atoms with Gasteiger partial charge in [0.1, 0.15) is 0 Å². The topological polar surface area (TPSA) is 53.7 Å². The third kappa shape index (κ3) is 2.46. The van der Waals surface area contributed by atoms with Crippen LogP contribution >= 0.6 is 0 Å². The second-order valence-corrected chi connectivity index (χ2v) is 8.30. The summed E-state index contributed by atoms with van der Waals surface area (Å²) < 4.78 is 2.01. The summed E-state index contributed by atoms with van der Waals surface area (Å²) in [5.74, 6) is 0.332. The third-order valence-electron chi connectivity index (χ3n) is 6.65. The van der Waals surface area contributed by atoms with E-state index in [-0.39, 0.29) is 6.04 Å². The molecule has 5 rings (SSSR count). The number of aromatic nitrogens is 3. The second kappa shape index (κ2) is 6.05. The van der Waals surface area contributed by atoms with Crippen LogP contribution in [0.4, 0.5) is 0 Å². The normalized spacial score (nSPS) is 28.5. The summed E-state index contributed by atoms with van der Waals surface area (Å²) in [5, 5.41) is 4.64. The molecule has 2 aromatic heterocycles. The molecule has 3 aliphatic heterocycles. The number of hydrogen-bond acceptors (Lipinski definition) is 4. The van der Waals surface area contributed by atoms with Crippen molar-refractivity contribution in [2.24, 2.45) is 0 Å². The Labute approximate surface area is 154 Å². The van der Waals surface area contributed by atoms with Crippen LogP contribution in [0.5, 0.6) is 0 Å². The lowest BCUT2D eigenvalue weighted by atomic mass is 9.96. The van der Waals surface area contributed by atoms with E-state index in [2.05, 4.69) is 26.9 Å². The molecule has 0 aromatic carbocycles. The van der Waals surface area contributed by atoms with Crippen LogP contribution in [0.1, 0.15) is 61.5 Å². The Hall–Kier alpha value is -1.95. The molecule has 3 aliphatic rings. The highest BCUT2D eigenvalue weighted by Gasteiger charge is 2.44. The summed E-state index contributed by atoms with van der Waals surface area (Å²) in [5.41, 5.74) is 4.38. The Morgan fingerprint density at radius 1 is 1.27 bits per heavy atom. The van der Waals surface area contributed by atoms with Crippen LogP contribution in [0.2, 0.25) is 0 Å². The molecule has 0 unspecified atom stereocenters. The SMILES string of the molecule is Cc1cc2ncc3c(n2n1)C[C@@H]1CC[C@H]3N1C(=O)C[C@@H]1CCCCN1C. The van der Waals surface area contributed by atoms with Gasteiger partial charge in [-0.05, 0) is 46.2 Å². The van der Waals surface area contributed by atoms with Gasteiger partial charge in [-0.15, -0.1) is 0 Å². The molecule has 26 heavy (non-hydrogen) atoms. The number of piperidine rings is 1. The lowest BCUT2D eigenvalue weighted by Crippen LogP contribution is -2.46. The number of fused-ring (bicyclic) bond motifs is 6. The Balaban J connectivity index is 1.44. The molecule has 2 aromatic rings. The van der Waals surface area contributed by atoms with Crippen molar-refractivity contribution in [2.75, 3.05) is 13.6 Å². The Morgan fingerprint density at radius 2 is 2.15 bits per heavy atom. The number of amides is 1. The molecule has 0 spiro atoms. The number of nitrogens with zero attached hydrogens (tertiary/aromatic N) is 5. The van der Waals surface area contributed by atoms with Crippen molar-refractivity contribution in [3.8, 4) is 0 Å². The van der Waals surface area contributed by atoms with Crippen molar-refractivity contribution in [3.05, 3.63) is 29.2 Å². The summed E-state index contributed by atoms with van der Waals surface area (Å²) in [6.45, 7) is 3.13. The lowest BCUT2D eigenvalue weighted by molar-refractivity contribution is -0.136. The van der Waals surface area contributed by atoms with E-state index in [0.717, 1.165) is 43.6 Å². The predicted octanol–water partition coefficient (Wildman–Crippen LogP) is 2.50. The molecule has 6 nitrogen and oxygen atoms in total. The molecular weight excluding hydrogens is 326 g/mol. The first kappa shape index (κ1) is 16.2. The van der Waals surface area contributed by atoms with Gasteiger partial charge in [-0.25, -0.2) is 9.50 Å². The van der Waals surface area contributed by atoms with Gasteiger partial charge < -0.3 is 9.80 Å². The van der Waals surface area contributed by atoms with Crippen molar-refractivity contribution in [3.63, 3.8) is 0 Å². The van der Waals surface area contributed by atoms with Gasteiger partial charge in [0, 0.05) is 42.8 Å². The van der Waals surface area contributed by atoms with Crippen LogP contribution < -0.4 is 0 Å². The van der Waals surface area contributed by atoms with Crippen LogP contribution in [-0.4, -0.2) is 56.0 Å². The number of carbonyl (C=O) groups is 1. The summed E-state index contributed by atoms with van der Waals surface area (Å²) in [6, 6.07) is 2.94. The van der Waals surface area contributed by atoms with Gasteiger partial charge in [0.15, 0.2) is 5.65 Å². The second-order valence-electron chi connectivity index (χ2n) is 8.30.